The zero-order valence-electron chi connectivity index (χ0n) is 11.7. The molecule has 116 valence electrons. The van der Waals surface area contributed by atoms with Gasteiger partial charge in [-0.2, -0.15) is 0 Å². The van der Waals surface area contributed by atoms with Gasteiger partial charge in [0.25, 0.3) is 5.91 Å². The van der Waals surface area contributed by atoms with E-state index in [1.807, 2.05) is 0 Å². The lowest BCUT2D eigenvalue weighted by Gasteiger charge is -2.22. The summed E-state index contributed by atoms with van der Waals surface area (Å²) in [5.41, 5.74) is 5.90. The van der Waals surface area contributed by atoms with Crippen LogP contribution in [0, 0.1) is 5.82 Å². The Morgan fingerprint density at radius 2 is 2.10 bits per heavy atom. The summed E-state index contributed by atoms with van der Waals surface area (Å²) in [5, 5.41) is 8.98. The fourth-order valence-electron chi connectivity index (χ4n) is 2.44. The normalized spacial score (nSPS) is 16.8. The Balaban J connectivity index is 2.11. The summed E-state index contributed by atoms with van der Waals surface area (Å²) in [4.78, 5) is 16.4. The minimum absolute atomic E-state index is 0.0294. The van der Waals surface area contributed by atoms with Crippen LogP contribution in [0.3, 0.4) is 0 Å². The highest BCUT2D eigenvalue weighted by molar-refractivity contribution is 9.10. The van der Waals surface area contributed by atoms with Crippen molar-refractivity contribution in [1.29, 1.82) is 0 Å². The highest BCUT2D eigenvalue weighted by Crippen LogP contribution is 2.24. The average Bonchev–Trinajstić information content (AvgIpc) is 2.68. The second kappa shape index (κ2) is 7.20. The predicted octanol–water partition coefficient (Wildman–Crippen LogP) is 1.31. The summed E-state index contributed by atoms with van der Waals surface area (Å²) in [6.07, 6.45) is 0.847. The number of halogens is 2. The number of aliphatic hydroxyl groups excluding tert-OH is 1. The quantitative estimate of drug-likeness (QED) is 0.798. The van der Waals surface area contributed by atoms with Gasteiger partial charge in [-0.15, -0.1) is 0 Å². The van der Waals surface area contributed by atoms with Crippen LogP contribution in [0.1, 0.15) is 16.8 Å². The van der Waals surface area contributed by atoms with Crippen molar-refractivity contribution in [3.8, 4) is 0 Å². The molecule has 1 amide bonds. The highest BCUT2D eigenvalue weighted by Gasteiger charge is 2.22. The molecule has 1 aromatic rings. The van der Waals surface area contributed by atoms with Gasteiger partial charge in [-0.1, -0.05) is 0 Å². The van der Waals surface area contributed by atoms with Crippen LogP contribution in [0.15, 0.2) is 16.6 Å². The van der Waals surface area contributed by atoms with Gasteiger partial charge in [0.05, 0.1) is 17.9 Å². The Hall–Kier alpha value is -1.18. The van der Waals surface area contributed by atoms with Crippen molar-refractivity contribution < 1.29 is 14.3 Å². The molecule has 1 heterocycles. The van der Waals surface area contributed by atoms with E-state index in [1.54, 1.807) is 4.90 Å². The zero-order valence-corrected chi connectivity index (χ0v) is 13.3. The van der Waals surface area contributed by atoms with Crippen molar-refractivity contribution in [2.45, 2.75) is 6.42 Å². The van der Waals surface area contributed by atoms with Crippen LogP contribution in [0.4, 0.5) is 10.1 Å². The predicted molar refractivity (Wildman–Crippen MR) is 82.6 cm³/mol. The van der Waals surface area contributed by atoms with Crippen LogP contribution in [-0.2, 0) is 0 Å². The van der Waals surface area contributed by atoms with Crippen LogP contribution in [0.2, 0.25) is 0 Å². The summed E-state index contributed by atoms with van der Waals surface area (Å²) >= 11 is 3.22. The van der Waals surface area contributed by atoms with Gasteiger partial charge < -0.3 is 15.7 Å². The molecule has 0 unspecified atom stereocenters. The first kappa shape index (κ1) is 16.2. The number of β-amino-alcohol motifs (C(OH)–C–C–N with tert-alkyl or cyclic N) is 1. The number of nitrogens with zero attached hydrogens (tertiary/aromatic N) is 2. The fourth-order valence-corrected chi connectivity index (χ4v) is 2.92. The molecule has 3 N–H and O–H groups in total. The van der Waals surface area contributed by atoms with Crippen molar-refractivity contribution in [2.24, 2.45) is 0 Å². The molecule has 2 rings (SSSR count). The number of nitrogen functional groups attached to an aromatic ring is 1. The number of benzene rings is 1. The highest BCUT2D eigenvalue weighted by atomic mass is 79.9. The van der Waals surface area contributed by atoms with E-state index in [9.17, 15) is 9.18 Å². The van der Waals surface area contributed by atoms with Gasteiger partial charge in [-0.3, -0.25) is 9.69 Å². The van der Waals surface area contributed by atoms with Gasteiger partial charge in [0.15, 0.2) is 0 Å². The van der Waals surface area contributed by atoms with Crippen LogP contribution in [0.5, 0.6) is 0 Å². The minimum atomic E-state index is -0.539. The van der Waals surface area contributed by atoms with E-state index in [4.69, 9.17) is 10.8 Å². The maximum atomic E-state index is 13.4. The average molecular weight is 360 g/mol. The summed E-state index contributed by atoms with van der Waals surface area (Å²) in [6.45, 7) is 3.55. The number of hydrogen-bond donors (Lipinski definition) is 2. The minimum Gasteiger partial charge on any atom is -0.396 e. The maximum Gasteiger partial charge on any atom is 0.255 e. The van der Waals surface area contributed by atoms with Gasteiger partial charge in [0.2, 0.25) is 0 Å². The number of amides is 1. The summed E-state index contributed by atoms with van der Waals surface area (Å²) < 4.78 is 13.8. The van der Waals surface area contributed by atoms with E-state index >= 15 is 0 Å². The molecular formula is C14H19BrFN3O2. The van der Waals surface area contributed by atoms with E-state index in [0.717, 1.165) is 19.5 Å². The van der Waals surface area contributed by atoms with Crippen molar-refractivity contribution in [3.05, 3.63) is 28.0 Å². The molecule has 1 aliphatic rings. The number of anilines is 1. The largest absolute Gasteiger partial charge is 0.396 e. The molecule has 1 saturated heterocycles. The zero-order chi connectivity index (χ0) is 15.4. The van der Waals surface area contributed by atoms with E-state index in [2.05, 4.69) is 20.8 Å². The van der Waals surface area contributed by atoms with Crippen molar-refractivity contribution >= 4 is 27.5 Å². The third kappa shape index (κ3) is 3.93. The molecule has 1 aromatic carbocycles. The van der Waals surface area contributed by atoms with Gasteiger partial charge in [0.1, 0.15) is 5.82 Å². The van der Waals surface area contributed by atoms with Gasteiger partial charge >= 0.3 is 0 Å². The first-order valence-electron chi connectivity index (χ1n) is 6.90. The topological polar surface area (TPSA) is 69.8 Å². The number of hydrogen-bond acceptors (Lipinski definition) is 4. The molecule has 1 fully saturated rings. The number of nitrogens with two attached hydrogens (primary N) is 1. The Morgan fingerprint density at radius 1 is 1.33 bits per heavy atom. The molecular weight excluding hydrogens is 341 g/mol. The molecule has 0 aromatic heterocycles. The van der Waals surface area contributed by atoms with Crippen LogP contribution in [-0.4, -0.2) is 60.1 Å². The van der Waals surface area contributed by atoms with Gasteiger partial charge in [-0.05, 0) is 41.0 Å². The lowest BCUT2D eigenvalue weighted by Crippen LogP contribution is -2.36. The second-order valence-corrected chi connectivity index (χ2v) is 5.92. The third-order valence-corrected chi connectivity index (χ3v) is 4.26. The third-order valence-electron chi connectivity index (χ3n) is 3.61. The molecule has 0 radical (unpaired) electrons. The molecule has 0 saturated carbocycles. The van der Waals surface area contributed by atoms with Gasteiger partial charge in [-0.25, -0.2) is 4.39 Å². The molecule has 0 spiro atoms. The fraction of sp³-hybridized carbons (Fsp3) is 0.500. The Morgan fingerprint density at radius 3 is 2.81 bits per heavy atom. The molecule has 0 atom stereocenters. The second-order valence-electron chi connectivity index (χ2n) is 5.06. The molecule has 21 heavy (non-hydrogen) atoms. The van der Waals surface area contributed by atoms with Crippen LogP contribution >= 0.6 is 15.9 Å². The molecule has 1 aliphatic heterocycles. The number of rotatable bonds is 3. The Kier molecular flexibility index (Phi) is 5.55. The van der Waals surface area contributed by atoms with Crippen molar-refractivity contribution in [1.82, 2.24) is 9.80 Å². The molecule has 0 aliphatic carbocycles. The molecule has 7 heteroatoms. The standard InChI is InChI=1S/C14H19BrFN3O2/c15-11-9-12(16)13(17)8-10(11)14(21)19-3-1-2-18(4-5-19)6-7-20/h8-9,20H,1-7,17H2. The smallest absolute Gasteiger partial charge is 0.255 e. The first-order valence-corrected chi connectivity index (χ1v) is 7.69. The lowest BCUT2D eigenvalue weighted by molar-refractivity contribution is 0.0759. The SMILES string of the molecule is Nc1cc(C(=O)N2CCCN(CCO)CC2)c(Br)cc1F. The number of carbonyl (C=O) groups excluding carboxylic acids is 1. The van der Waals surface area contributed by atoms with Gasteiger partial charge in [0, 0.05) is 30.7 Å². The van der Waals surface area contributed by atoms with Crippen molar-refractivity contribution in [2.75, 3.05) is 45.1 Å². The monoisotopic (exact) mass is 359 g/mol. The summed E-state index contributed by atoms with van der Waals surface area (Å²) in [5.74, 6) is -0.692. The molecule has 0 bridgehead atoms. The Labute approximate surface area is 131 Å². The first-order chi connectivity index (χ1) is 10.0. The van der Waals surface area contributed by atoms with E-state index in [1.165, 1.54) is 12.1 Å². The maximum absolute atomic E-state index is 13.4. The number of carbonyl (C=O) groups is 1. The summed E-state index contributed by atoms with van der Waals surface area (Å²) in [7, 11) is 0. The summed E-state index contributed by atoms with van der Waals surface area (Å²) in [6, 6.07) is 2.59. The van der Waals surface area contributed by atoms with E-state index < -0.39 is 5.82 Å². The van der Waals surface area contributed by atoms with E-state index in [-0.39, 0.29) is 18.2 Å². The van der Waals surface area contributed by atoms with E-state index in [0.29, 0.717) is 29.7 Å². The number of aliphatic hydroxyl groups is 1. The van der Waals surface area contributed by atoms with Crippen LogP contribution in [0.25, 0.3) is 0 Å². The molecule has 5 nitrogen and oxygen atoms in total. The van der Waals surface area contributed by atoms with Crippen LogP contribution < -0.4 is 5.73 Å². The lowest BCUT2D eigenvalue weighted by atomic mass is 10.1. The van der Waals surface area contributed by atoms with Crippen molar-refractivity contribution in [3.63, 3.8) is 0 Å². The Bertz CT molecular complexity index is 527.